The van der Waals surface area contributed by atoms with E-state index in [1.165, 1.54) is 12.0 Å². The summed E-state index contributed by atoms with van der Waals surface area (Å²) in [6, 6.07) is 17.9. The van der Waals surface area contributed by atoms with Gasteiger partial charge in [-0.05, 0) is 73.0 Å². The molecule has 1 fully saturated rings. The van der Waals surface area contributed by atoms with Crippen molar-refractivity contribution < 1.29 is 33.7 Å². The predicted molar refractivity (Wildman–Crippen MR) is 142 cm³/mol. The molecule has 1 unspecified atom stereocenters. The van der Waals surface area contributed by atoms with E-state index in [-0.39, 0.29) is 23.7 Å². The first kappa shape index (κ1) is 26.5. The van der Waals surface area contributed by atoms with Gasteiger partial charge in [-0.1, -0.05) is 24.3 Å². The average Bonchev–Trinajstić information content (AvgIpc) is 3.20. The third-order valence-corrected chi connectivity index (χ3v) is 6.41. The lowest BCUT2D eigenvalue weighted by molar-refractivity contribution is -0.139. The summed E-state index contributed by atoms with van der Waals surface area (Å²) in [4.78, 5) is 39.8. The van der Waals surface area contributed by atoms with Gasteiger partial charge in [0.1, 0.15) is 17.3 Å². The van der Waals surface area contributed by atoms with E-state index in [0.717, 1.165) is 5.56 Å². The standard InChI is InChI=1S/C30H29NO7/c1-5-38-24-15-10-21(16-18(24)2)28(33)26-27(20-8-13-23(36-3)14-9-20)31(30(35)29(26)34)22-11-6-19(7-12-22)17-25(32)37-4/h6-16,27,33H,5,17H2,1-4H3/b28-26-. The number of methoxy groups -OCH3 is 2. The van der Waals surface area contributed by atoms with Gasteiger partial charge >= 0.3 is 5.97 Å². The minimum Gasteiger partial charge on any atom is -0.507 e. The quantitative estimate of drug-likeness (QED) is 0.200. The van der Waals surface area contributed by atoms with Gasteiger partial charge in [0.05, 0.1) is 38.9 Å². The molecule has 3 aromatic rings. The van der Waals surface area contributed by atoms with Crippen LogP contribution < -0.4 is 14.4 Å². The van der Waals surface area contributed by atoms with Gasteiger partial charge in [0, 0.05) is 11.3 Å². The second-order valence-corrected chi connectivity index (χ2v) is 8.77. The molecule has 38 heavy (non-hydrogen) atoms. The molecule has 4 rings (SSSR count). The summed E-state index contributed by atoms with van der Waals surface area (Å²) in [5.41, 5.74) is 2.92. The Morgan fingerprint density at radius 3 is 2.24 bits per heavy atom. The molecule has 1 saturated heterocycles. The first-order valence-electron chi connectivity index (χ1n) is 12.1. The van der Waals surface area contributed by atoms with Crippen molar-refractivity contribution >= 4 is 29.1 Å². The Kier molecular flexibility index (Phi) is 7.81. The van der Waals surface area contributed by atoms with Crippen LogP contribution in [0.25, 0.3) is 5.76 Å². The summed E-state index contributed by atoms with van der Waals surface area (Å²) >= 11 is 0. The summed E-state index contributed by atoms with van der Waals surface area (Å²) in [7, 11) is 2.86. The lowest BCUT2D eigenvalue weighted by atomic mass is 9.94. The van der Waals surface area contributed by atoms with Crippen molar-refractivity contribution in [2.45, 2.75) is 26.3 Å². The number of aryl methyl sites for hydroxylation is 1. The molecular weight excluding hydrogens is 486 g/mol. The number of anilines is 1. The van der Waals surface area contributed by atoms with Gasteiger partial charge in [0.2, 0.25) is 0 Å². The van der Waals surface area contributed by atoms with Gasteiger partial charge in [0.15, 0.2) is 0 Å². The smallest absolute Gasteiger partial charge is 0.309 e. The van der Waals surface area contributed by atoms with E-state index in [9.17, 15) is 19.5 Å². The molecule has 0 saturated carbocycles. The van der Waals surface area contributed by atoms with Crippen molar-refractivity contribution in [3.8, 4) is 11.5 Å². The van der Waals surface area contributed by atoms with Gasteiger partial charge in [-0.15, -0.1) is 0 Å². The van der Waals surface area contributed by atoms with E-state index in [1.807, 2.05) is 13.8 Å². The number of ether oxygens (including phenoxy) is 3. The fraction of sp³-hybridized carbons (Fsp3) is 0.233. The maximum Gasteiger partial charge on any atom is 0.309 e. The fourth-order valence-corrected chi connectivity index (χ4v) is 4.48. The van der Waals surface area contributed by atoms with Crippen molar-refractivity contribution in [1.29, 1.82) is 0 Å². The molecule has 0 radical (unpaired) electrons. The van der Waals surface area contributed by atoms with E-state index in [4.69, 9.17) is 14.2 Å². The van der Waals surface area contributed by atoms with Crippen LogP contribution in [-0.2, 0) is 25.5 Å². The Labute approximate surface area is 221 Å². The normalized spacial score (nSPS) is 16.4. The van der Waals surface area contributed by atoms with Crippen LogP contribution in [0.3, 0.4) is 0 Å². The zero-order valence-electron chi connectivity index (χ0n) is 21.7. The SMILES string of the molecule is CCOc1ccc(/C(O)=C2/C(=O)C(=O)N(c3ccc(CC(=O)OC)cc3)C2c2ccc(OC)cc2)cc1C. The Balaban J connectivity index is 1.84. The van der Waals surface area contributed by atoms with E-state index in [0.29, 0.717) is 40.5 Å². The van der Waals surface area contributed by atoms with Crippen molar-refractivity contribution in [2.75, 3.05) is 25.7 Å². The number of aliphatic hydroxyl groups is 1. The predicted octanol–water partition coefficient (Wildman–Crippen LogP) is 4.74. The number of carbonyl (C=O) groups is 3. The third-order valence-electron chi connectivity index (χ3n) is 6.41. The Bertz CT molecular complexity index is 1390. The zero-order valence-corrected chi connectivity index (χ0v) is 21.7. The zero-order chi connectivity index (χ0) is 27.4. The van der Waals surface area contributed by atoms with Gasteiger partial charge < -0.3 is 19.3 Å². The van der Waals surface area contributed by atoms with E-state index >= 15 is 0 Å². The van der Waals surface area contributed by atoms with Crippen LogP contribution in [0.1, 0.15) is 35.2 Å². The van der Waals surface area contributed by atoms with Crippen molar-refractivity contribution in [3.63, 3.8) is 0 Å². The molecule has 8 heteroatoms. The van der Waals surface area contributed by atoms with Crippen molar-refractivity contribution in [3.05, 3.63) is 94.6 Å². The first-order valence-corrected chi connectivity index (χ1v) is 12.1. The van der Waals surface area contributed by atoms with Crippen LogP contribution in [0.4, 0.5) is 5.69 Å². The molecule has 1 aliphatic rings. The molecule has 3 aromatic carbocycles. The minimum atomic E-state index is -0.890. The number of esters is 1. The number of amides is 1. The molecule has 1 atom stereocenters. The van der Waals surface area contributed by atoms with Crippen LogP contribution >= 0.6 is 0 Å². The largest absolute Gasteiger partial charge is 0.507 e. The molecule has 0 spiro atoms. The van der Waals surface area contributed by atoms with Crippen molar-refractivity contribution in [2.24, 2.45) is 0 Å². The van der Waals surface area contributed by atoms with E-state index in [2.05, 4.69) is 0 Å². The topological polar surface area (TPSA) is 102 Å². The van der Waals surface area contributed by atoms with Crippen LogP contribution in [0.5, 0.6) is 11.5 Å². The summed E-state index contributed by atoms with van der Waals surface area (Å²) in [5.74, 6) is -0.949. The number of benzene rings is 3. The summed E-state index contributed by atoms with van der Waals surface area (Å²) in [6.45, 7) is 4.22. The van der Waals surface area contributed by atoms with Crippen LogP contribution in [0, 0.1) is 6.92 Å². The molecule has 1 amide bonds. The monoisotopic (exact) mass is 515 g/mol. The Morgan fingerprint density at radius 2 is 1.66 bits per heavy atom. The molecular formula is C30H29NO7. The number of hydrogen-bond donors (Lipinski definition) is 1. The van der Waals surface area contributed by atoms with Gasteiger partial charge in [-0.2, -0.15) is 0 Å². The lowest BCUT2D eigenvalue weighted by Gasteiger charge is -2.26. The molecule has 1 heterocycles. The second kappa shape index (κ2) is 11.2. The van der Waals surface area contributed by atoms with Crippen LogP contribution in [0.15, 0.2) is 72.3 Å². The number of nitrogens with zero attached hydrogens (tertiary/aromatic N) is 1. The summed E-state index contributed by atoms with van der Waals surface area (Å²) in [6.07, 6.45) is 0.0780. The Morgan fingerprint density at radius 1 is 0.974 bits per heavy atom. The molecule has 0 aromatic heterocycles. The molecule has 1 aliphatic heterocycles. The second-order valence-electron chi connectivity index (χ2n) is 8.77. The van der Waals surface area contributed by atoms with Gasteiger partial charge in [-0.25, -0.2) is 0 Å². The van der Waals surface area contributed by atoms with Crippen molar-refractivity contribution in [1.82, 2.24) is 0 Å². The molecule has 8 nitrogen and oxygen atoms in total. The number of ketones is 1. The molecule has 196 valence electrons. The first-order chi connectivity index (χ1) is 18.3. The highest BCUT2D eigenvalue weighted by molar-refractivity contribution is 6.51. The number of aliphatic hydroxyl groups excluding tert-OH is 1. The maximum absolute atomic E-state index is 13.4. The highest BCUT2D eigenvalue weighted by atomic mass is 16.5. The fourth-order valence-electron chi connectivity index (χ4n) is 4.48. The summed E-state index contributed by atoms with van der Waals surface area (Å²) < 4.78 is 15.6. The van der Waals surface area contributed by atoms with E-state index in [1.54, 1.807) is 73.8 Å². The number of carbonyl (C=O) groups excluding carboxylic acids is 3. The highest BCUT2D eigenvalue weighted by Crippen LogP contribution is 2.42. The minimum absolute atomic E-state index is 0.0256. The molecule has 0 bridgehead atoms. The van der Waals surface area contributed by atoms with Crippen LogP contribution in [-0.4, -0.2) is 43.6 Å². The number of rotatable bonds is 8. The summed E-state index contributed by atoms with van der Waals surface area (Å²) in [5, 5.41) is 11.4. The van der Waals surface area contributed by atoms with Gasteiger partial charge in [0.25, 0.3) is 11.7 Å². The molecule has 0 aliphatic carbocycles. The van der Waals surface area contributed by atoms with E-state index < -0.39 is 17.7 Å². The number of hydrogen-bond acceptors (Lipinski definition) is 7. The molecule has 1 N–H and O–H groups in total. The third kappa shape index (κ3) is 5.11. The average molecular weight is 516 g/mol. The number of Topliss-reactive ketones (excluding diaryl/α,β-unsaturated/α-hetero) is 1. The van der Waals surface area contributed by atoms with Gasteiger partial charge in [-0.3, -0.25) is 19.3 Å². The maximum atomic E-state index is 13.4. The lowest BCUT2D eigenvalue weighted by Crippen LogP contribution is -2.29. The highest BCUT2D eigenvalue weighted by Gasteiger charge is 2.47. The van der Waals surface area contributed by atoms with Crippen LogP contribution in [0.2, 0.25) is 0 Å². The Hall–Kier alpha value is -4.59.